The number of amides is 1. The standard InChI is InChI=1S/C19H26N2O5/c1-4-5-8-26-17-15-9-13(22)6-7-14(15)18(23)21(11-12(2)3)16(17)10-20-19(24)25/h6-7,9,12,20,22H,4-5,8,10-11H2,1-3H3,(H,24,25)/p-1. The molecule has 0 bridgehead atoms. The van der Waals surface area contributed by atoms with Gasteiger partial charge in [0.25, 0.3) is 5.56 Å². The Labute approximate surface area is 152 Å². The quantitative estimate of drug-likeness (QED) is 0.700. The second-order valence-electron chi connectivity index (χ2n) is 6.66. The summed E-state index contributed by atoms with van der Waals surface area (Å²) in [6.07, 6.45) is 0.322. The van der Waals surface area contributed by atoms with Gasteiger partial charge in [0.15, 0.2) is 0 Å². The molecule has 0 fully saturated rings. The number of nitrogens with zero attached hydrogens (tertiary/aromatic N) is 1. The van der Waals surface area contributed by atoms with E-state index in [1.54, 1.807) is 10.6 Å². The predicted octanol–water partition coefficient (Wildman–Crippen LogP) is 1.97. The molecule has 2 N–H and O–H groups in total. The van der Waals surface area contributed by atoms with Gasteiger partial charge in [-0.25, -0.2) is 0 Å². The predicted molar refractivity (Wildman–Crippen MR) is 97.3 cm³/mol. The molecule has 2 aromatic rings. The third-order valence-corrected chi connectivity index (χ3v) is 4.00. The third kappa shape index (κ3) is 4.47. The lowest BCUT2D eigenvalue weighted by molar-refractivity contribution is -0.251. The fourth-order valence-electron chi connectivity index (χ4n) is 2.82. The summed E-state index contributed by atoms with van der Waals surface area (Å²) in [4.78, 5) is 23.8. The number of nitrogens with one attached hydrogen (secondary N) is 1. The number of carboxylic acid groups (broad SMARTS) is 1. The number of benzene rings is 1. The van der Waals surface area contributed by atoms with Gasteiger partial charge in [0, 0.05) is 11.9 Å². The number of carbonyl (C=O) groups is 1. The number of hydrogen-bond donors (Lipinski definition) is 2. The van der Waals surface area contributed by atoms with Gasteiger partial charge >= 0.3 is 0 Å². The maximum Gasteiger partial charge on any atom is 0.258 e. The van der Waals surface area contributed by atoms with Crippen LogP contribution in [0.1, 0.15) is 39.3 Å². The van der Waals surface area contributed by atoms with Gasteiger partial charge in [-0.1, -0.05) is 27.2 Å². The van der Waals surface area contributed by atoms with E-state index in [1.165, 1.54) is 12.1 Å². The van der Waals surface area contributed by atoms with E-state index in [2.05, 4.69) is 5.32 Å². The van der Waals surface area contributed by atoms with Crippen molar-refractivity contribution in [1.82, 2.24) is 9.88 Å². The van der Waals surface area contributed by atoms with Crippen molar-refractivity contribution in [3.05, 3.63) is 34.2 Å². The topological polar surface area (TPSA) is 104 Å². The maximum atomic E-state index is 13.0. The smallest absolute Gasteiger partial charge is 0.258 e. The molecule has 0 saturated heterocycles. The fraction of sp³-hybridized carbons (Fsp3) is 0.474. The number of ether oxygens (including phenoxy) is 1. The number of unbranched alkanes of at least 4 members (excludes halogenated alkanes) is 1. The zero-order chi connectivity index (χ0) is 19.3. The number of phenolic OH excluding ortho intramolecular Hbond substituents is 1. The molecule has 0 spiro atoms. The molecule has 0 aliphatic heterocycles. The number of pyridine rings is 1. The van der Waals surface area contributed by atoms with Crippen LogP contribution in [0.5, 0.6) is 11.5 Å². The van der Waals surface area contributed by atoms with E-state index in [0.717, 1.165) is 12.8 Å². The summed E-state index contributed by atoms with van der Waals surface area (Å²) in [6, 6.07) is 4.49. The molecule has 1 aromatic carbocycles. The summed E-state index contributed by atoms with van der Waals surface area (Å²) in [7, 11) is 0. The molecule has 0 atom stereocenters. The van der Waals surface area contributed by atoms with Gasteiger partial charge in [0.1, 0.15) is 17.6 Å². The summed E-state index contributed by atoms with van der Waals surface area (Å²) < 4.78 is 7.47. The van der Waals surface area contributed by atoms with Crippen LogP contribution in [0.3, 0.4) is 0 Å². The molecule has 1 heterocycles. The molecule has 7 heteroatoms. The van der Waals surface area contributed by atoms with Crippen molar-refractivity contribution in [3.63, 3.8) is 0 Å². The Morgan fingerprint density at radius 2 is 2.08 bits per heavy atom. The SMILES string of the molecule is CCCCOc1c(CNC(=O)[O-])n(CC(C)C)c(=O)c2ccc(O)cc12. The summed E-state index contributed by atoms with van der Waals surface area (Å²) in [5.41, 5.74) is 0.189. The first-order valence-corrected chi connectivity index (χ1v) is 8.81. The molecular formula is C19H25N2O5-. The van der Waals surface area contributed by atoms with Crippen LogP contribution < -0.4 is 20.7 Å². The molecule has 0 aliphatic rings. The van der Waals surface area contributed by atoms with E-state index < -0.39 is 6.09 Å². The monoisotopic (exact) mass is 361 g/mol. The van der Waals surface area contributed by atoms with Crippen LogP contribution in [-0.4, -0.2) is 22.4 Å². The Morgan fingerprint density at radius 1 is 1.35 bits per heavy atom. The van der Waals surface area contributed by atoms with Gasteiger partial charge in [-0.15, -0.1) is 0 Å². The van der Waals surface area contributed by atoms with Crippen molar-refractivity contribution >= 4 is 16.9 Å². The van der Waals surface area contributed by atoms with Gasteiger partial charge < -0.3 is 29.6 Å². The van der Waals surface area contributed by atoms with E-state index in [0.29, 0.717) is 35.4 Å². The maximum absolute atomic E-state index is 13.0. The third-order valence-electron chi connectivity index (χ3n) is 4.00. The van der Waals surface area contributed by atoms with Gasteiger partial charge in [-0.05, 0) is 30.5 Å². The van der Waals surface area contributed by atoms with E-state index >= 15 is 0 Å². The number of carbonyl (C=O) groups excluding carboxylic acids is 1. The van der Waals surface area contributed by atoms with Crippen molar-refractivity contribution in [1.29, 1.82) is 0 Å². The lowest BCUT2D eigenvalue weighted by atomic mass is 10.1. The van der Waals surface area contributed by atoms with Crippen LogP contribution >= 0.6 is 0 Å². The highest BCUT2D eigenvalue weighted by Gasteiger charge is 2.19. The molecule has 1 aromatic heterocycles. The molecule has 0 unspecified atom stereocenters. The van der Waals surface area contributed by atoms with Crippen LogP contribution in [0.2, 0.25) is 0 Å². The highest BCUT2D eigenvalue weighted by atomic mass is 16.5. The van der Waals surface area contributed by atoms with Crippen LogP contribution in [-0.2, 0) is 13.1 Å². The number of phenols is 1. The Kier molecular flexibility index (Phi) is 6.49. The van der Waals surface area contributed by atoms with Crippen LogP contribution in [0.4, 0.5) is 4.79 Å². The number of aromatic nitrogens is 1. The summed E-state index contributed by atoms with van der Waals surface area (Å²) in [5, 5.41) is 23.9. The van der Waals surface area contributed by atoms with Crippen molar-refractivity contribution in [3.8, 4) is 11.5 Å². The molecule has 2 rings (SSSR count). The number of hydrogen-bond acceptors (Lipinski definition) is 5. The van der Waals surface area contributed by atoms with Crippen molar-refractivity contribution in [2.24, 2.45) is 5.92 Å². The minimum atomic E-state index is -1.43. The largest absolute Gasteiger partial charge is 0.530 e. The summed E-state index contributed by atoms with van der Waals surface area (Å²) in [5.74, 6) is 0.600. The molecule has 0 aliphatic carbocycles. The first-order chi connectivity index (χ1) is 12.3. The molecule has 7 nitrogen and oxygen atoms in total. The van der Waals surface area contributed by atoms with Crippen molar-refractivity contribution in [2.45, 2.75) is 46.7 Å². The Bertz CT molecular complexity index is 842. The minimum absolute atomic E-state index is 0.0117. The molecule has 0 radical (unpaired) electrons. The minimum Gasteiger partial charge on any atom is -0.530 e. The van der Waals surface area contributed by atoms with E-state index in [4.69, 9.17) is 4.74 Å². The molecule has 26 heavy (non-hydrogen) atoms. The fourth-order valence-corrected chi connectivity index (χ4v) is 2.82. The summed E-state index contributed by atoms with van der Waals surface area (Å²) >= 11 is 0. The first kappa shape index (κ1) is 19.6. The Hall–Kier alpha value is -2.70. The van der Waals surface area contributed by atoms with Crippen LogP contribution in [0.15, 0.2) is 23.0 Å². The van der Waals surface area contributed by atoms with Crippen molar-refractivity contribution < 1.29 is 19.7 Å². The normalized spacial score (nSPS) is 11.1. The van der Waals surface area contributed by atoms with E-state index in [-0.39, 0.29) is 23.8 Å². The first-order valence-electron chi connectivity index (χ1n) is 8.81. The molecule has 142 valence electrons. The zero-order valence-electron chi connectivity index (χ0n) is 15.4. The second-order valence-corrected chi connectivity index (χ2v) is 6.66. The van der Waals surface area contributed by atoms with Crippen LogP contribution in [0.25, 0.3) is 10.8 Å². The second kappa shape index (κ2) is 8.60. The average molecular weight is 361 g/mol. The van der Waals surface area contributed by atoms with Crippen molar-refractivity contribution in [2.75, 3.05) is 6.61 Å². The number of fused-ring (bicyclic) bond motifs is 1. The summed E-state index contributed by atoms with van der Waals surface area (Å²) in [6.45, 7) is 6.72. The number of aromatic hydroxyl groups is 1. The molecule has 1 amide bonds. The zero-order valence-corrected chi connectivity index (χ0v) is 15.4. The van der Waals surface area contributed by atoms with Gasteiger partial charge in [-0.2, -0.15) is 0 Å². The Balaban J connectivity index is 2.72. The van der Waals surface area contributed by atoms with Gasteiger partial charge in [0.2, 0.25) is 0 Å². The number of rotatable bonds is 8. The molecular weight excluding hydrogens is 336 g/mol. The van der Waals surface area contributed by atoms with E-state index in [9.17, 15) is 19.8 Å². The van der Waals surface area contributed by atoms with Gasteiger partial charge in [0.05, 0.1) is 24.2 Å². The van der Waals surface area contributed by atoms with E-state index in [1.807, 2.05) is 20.8 Å². The lowest BCUT2D eigenvalue weighted by Crippen LogP contribution is -2.38. The highest BCUT2D eigenvalue weighted by molar-refractivity contribution is 5.89. The lowest BCUT2D eigenvalue weighted by Gasteiger charge is -2.22. The van der Waals surface area contributed by atoms with Crippen LogP contribution in [0, 0.1) is 5.92 Å². The Morgan fingerprint density at radius 3 is 2.69 bits per heavy atom. The molecule has 0 saturated carbocycles. The van der Waals surface area contributed by atoms with Gasteiger partial charge in [-0.3, -0.25) is 4.79 Å². The highest BCUT2D eigenvalue weighted by Crippen LogP contribution is 2.31. The average Bonchev–Trinajstić information content (AvgIpc) is 2.57.